The van der Waals surface area contributed by atoms with E-state index in [2.05, 4.69) is 58.1 Å². The summed E-state index contributed by atoms with van der Waals surface area (Å²) >= 11 is 7.94. The van der Waals surface area contributed by atoms with Crippen molar-refractivity contribution in [3.8, 4) is 17.1 Å². The largest absolute Gasteiger partial charge is 0.270 e. The van der Waals surface area contributed by atoms with Gasteiger partial charge in [-0.25, -0.2) is 0 Å². The molecule has 0 amide bonds. The number of aromatic nitrogens is 3. The molecule has 3 nitrogen and oxygen atoms in total. The number of thioether (sulfide) groups is 1. The summed E-state index contributed by atoms with van der Waals surface area (Å²) in [5, 5.41) is 10.6. The van der Waals surface area contributed by atoms with Gasteiger partial charge in [0.25, 0.3) is 0 Å². The van der Waals surface area contributed by atoms with Gasteiger partial charge in [0, 0.05) is 22.0 Å². The number of hydrogen-bond acceptors (Lipinski definition) is 3. The van der Waals surface area contributed by atoms with Crippen LogP contribution >= 0.6 is 23.4 Å². The minimum atomic E-state index is 0.735. The Bertz CT molecular complexity index is 1040. The van der Waals surface area contributed by atoms with Gasteiger partial charge in [0.2, 0.25) is 0 Å². The predicted octanol–water partition coefficient (Wildman–Crippen LogP) is 6.19. The topological polar surface area (TPSA) is 30.7 Å². The Labute approximate surface area is 168 Å². The maximum absolute atomic E-state index is 6.31. The van der Waals surface area contributed by atoms with Crippen LogP contribution in [0.3, 0.4) is 0 Å². The molecule has 0 radical (unpaired) electrons. The lowest BCUT2D eigenvalue weighted by Crippen LogP contribution is -2.00. The highest BCUT2D eigenvalue weighted by Gasteiger charge is 2.16. The first kappa shape index (κ1) is 17.8. The van der Waals surface area contributed by atoms with Crippen LogP contribution in [0.25, 0.3) is 17.1 Å². The number of benzene rings is 3. The van der Waals surface area contributed by atoms with E-state index in [0.29, 0.717) is 0 Å². The molecule has 0 unspecified atom stereocenters. The summed E-state index contributed by atoms with van der Waals surface area (Å²) < 4.78 is 2.11. The first-order valence-corrected chi connectivity index (χ1v) is 10.0. The third-order valence-electron chi connectivity index (χ3n) is 4.27. The minimum Gasteiger partial charge on any atom is -0.270 e. The molecule has 0 fully saturated rings. The summed E-state index contributed by atoms with van der Waals surface area (Å²) in [6.45, 7) is 2.08. The zero-order chi connectivity index (χ0) is 18.6. The van der Waals surface area contributed by atoms with Crippen LogP contribution < -0.4 is 0 Å². The SMILES string of the molecule is Cc1ccc(-n2c(SCc3ccccc3Cl)nnc2-c2ccccc2)cc1. The molecular formula is C22H18ClN3S. The van der Waals surface area contributed by atoms with Crippen molar-refractivity contribution in [2.24, 2.45) is 0 Å². The first-order valence-electron chi connectivity index (χ1n) is 8.66. The Hall–Kier alpha value is -2.56. The van der Waals surface area contributed by atoms with Crippen molar-refractivity contribution in [1.29, 1.82) is 0 Å². The molecule has 4 rings (SSSR count). The number of nitrogens with zero attached hydrogens (tertiary/aromatic N) is 3. The van der Waals surface area contributed by atoms with Crippen molar-refractivity contribution < 1.29 is 0 Å². The normalized spacial score (nSPS) is 10.9. The van der Waals surface area contributed by atoms with Crippen LogP contribution in [0.1, 0.15) is 11.1 Å². The molecule has 0 aliphatic heterocycles. The van der Waals surface area contributed by atoms with Crippen molar-refractivity contribution >= 4 is 23.4 Å². The van der Waals surface area contributed by atoms with E-state index in [1.165, 1.54) is 5.56 Å². The summed E-state index contributed by atoms with van der Waals surface area (Å²) in [5.41, 5.74) is 4.39. The molecule has 0 aliphatic carbocycles. The van der Waals surface area contributed by atoms with Gasteiger partial charge in [0.1, 0.15) is 0 Å². The van der Waals surface area contributed by atoms with Crippen LogP contribution in [-0.2, 0) is 5.75 Å². The second-order valence-electron chi connectivity index (χ2n) is 6.22. The molecule has 134 valence electrons. The van der Waals surface area contributed by atoms with E-state index < -0.39 is 0 Å². The molecule has 27 heavy (non-hydrogen) atoms. The molecule has 0 N–H and O–H groups in total. The number of hydrogen-bond donors (Lipinski definition) is 0. The van der Waals surface area contributed by atoms with E-state index in [1.807, 2.05) is 42.5 Å². The van der Waals surface area contributed by atoms with Crippen molar-refractivity contribution in [3.63, 3.8) is 0 Å². The highest BCUT2D eigenvalue weighted by molar-refractivity contribution is 7.98. The summed E-state index contributed by atoms with van der Waals surface area (Å²) in [6.07, 6.45) is 0. The third-order valence-corrected chi connectivity index (χ3v) is 5.62. The zero-order valence-corrected chi connectivity index (χ0v) is 16.4. The molecular weight excluding hydrogens is 374 g/mol. The Morgan fingerprint density at radius 2 is 1.56 bits per heavy atom. The molecule has 1 heterocycles. The van der Waals surface area contributed by atoms with Crippen LogP contribution in [0.15, 0.2) is 84.0 Å². The molecule has 5 heteroatoms. The summed E-state index contributed by atoms with van der Waals surface area (Å²) in [7, 11) is 0. The molecule has 0 bridgehead atoms. The summed E-state index contributed by atoms with van der Waals surface area (Å²) in [4.78, 5) is 0. The number of rotatable bonds is 5. The molecule has 0 aliphatic rings. The fraction of sp³-hybridized carbons (Fsp3) is 0.0909. The van der Waals surface area contributed by atoms with Crippen LogP contribution in [-0.4, -0.2) is 14.8 Å². The van der Waals surface area contributed by atoms with Gasteiger partial charge in [-0.15, -0.1) is 10.2 Å². The smallest absolute Gasteiger partial charge is 0.196 e. The number of aryl methyl sites for hydroxylation is 1. The fourth-order valence-corrected chi connectivity index (χ4v) is 4.06. The van der Waals surface area contributed by atoms with E-state index in [-0.39, 0.29) is 0 Å². The molecule has 0 atom stereocenters. The molecule has 0 spiro atoms. The second kappa shape index (κ2) is 7.99. The van der Waals surface area contributed by atoms with Crippen LogP contribution in [0, 0.1) is 6.92 Å². The standard InChI is InChI=1S/C22H18ClN3S/c1-16-11-13-19(14-12-16)26-21(17-7-3-2-4-8-17)24-25-22(26)27-15-18-9-5-6-10-20(18)23/h2-14H,15H2,1H3. The second-order valence-corrected chi connectivity index (χ2v) is 7.57. The monoisotopic (exact) mass is 391 g/mol. The van der Waals surface area contributed by atoms with Gasteiger partial charge >= 0.3 is 0 Å². The molecule has 3 aromatic carbocycles. The molecule has 1 aromatic heterocycles. The number of halogens is 1. The van der Waals surface area contributed by atoms with E-state index in [1.54, 1.807) is 11.8 Å². The average Bonchev–Trinajstić information content (AvgIpc) is 3.12. The molecule has 4 aromatic rings. The van der Waals surface area contributed by atoms with E-state index in [9.17, 15) is 0 Å². The van der Waals surface area contributed by atoms with Gasteiger partial charge in [0.05, 0.1) is 0 Å². The van der Waals surface area contributed by atoms with E-state index >= 15 is 0 Å². The van der Waals surface area contributed by atoms with E-state index in [0.717, 1.165) is 38.6 Å². The lowest BCUT2D eigenvalue weighted by molar-refractivity contribution is 0.885. The predicted molar refractivity (Wildman–Crippen MR) is 113 cm³/mol. The highest BCUT2D eigenvalue weighted by Crippen LogP contribution is 2.31. The van der Waals surface area contributed by atoms with Crippen molar-refractivity contribution in [1.82, 2.24) is 14.8 Å². The van der Waals surface area contributed by atoms with Gasteiger partial charge in [-0.2, -0.15) is 0 Å². The maximum atomic E-state index is 6.31. The molecule has 0 saturated carbocycles. The van der Waals surface area contributed by atoms with Crippen molar-refractivity contribution in [3.05, 3.63) is 95.0 Å². The van der Waals surface area contributed by atoms with Crippen LogP contribution in [0.2, 0.25) is 5.02 Å². The maximum Gasteiger partial charge on any atom is 0.196 e. The third kappa shape index (κ3) is 3.92. The fourth-order valence-electron chi connectivity index (χ4n) is 2.82. The van der Waals surface area contributed by atoms with Crippen LogP contribution in [0.5, 0.6) is 0 Å². The molecule has 0 saturated heterocycles. The van der Waals surface area contributed by atoms with Gasteiger partial charge in [0.15, 0.2) is 11.0 Å². The summed E-state index contributed by atoms with van der Waals surface area (Å²) in [5.74, 6) is 1.57. The Morgan fingerprint density at radius 3 is 2.30 bits per heavy atom. The lowest BCUT2D eigenvalue weighted by Gasteiger charge is -2.11. The van der Waals surface area contributed by atoms with Crippen LogP contribution in [0.4, 0.5) is 0 Å². The lowest BCUT2D eigenvalue weighted by atomic mass is 10.2. The van der Waals surface area contributed by atoms with Crippen molar-refractivity contribution in [2.45, 2.75) is 17.8 Å². The average molecular weight is 392 g/mol. The minimum absolute atomic E-state index is 0.735. The van der Waals surface area contributed by atoms with Gasteiger partial charge in [-0.05, 0) is 30.7 Å². The van der Waals surface area contributed by atoms with Gasteiger partial charge < -0.3 is 0 Å². The van der Waals surface area contributed by atoms with Gasteiger partial charge in [-0.1, -0.05) is 89.6 Å². The van der Waals surface area contributed by atoms with E-state index in [4.69, 9.17) is 11.6 Å². The summed E-state index contributed by atoms with van der Waals surface area (Å²) in [6, 6.07) is 26.4. The first-order chi connectivity index (χ1) is 13.2. The van der Waals surface area contributed by atoms with Crippen molar-refractivity contribution in [2.75, 3.05) is 0 Å². The quantitative estimate of drug-likeness (QED) is 0.380. The Morgan fingerprint density at radius 1 is 0.852 bits per heavy atom. The Kier molecular flexibility index (Phi) is 5.28. The Balaban J connectivity index is 1.74. The van der Waals surface area contributed by atoms with Gasteiger partial charge in [-0.3, -0.25) is 4.57 Å². The highest BCUT2D eigenvalue weighted by atomic mass is 35.5. The zero-order valence-electron chi connectivity index (χ0n) is 14.8.